The summed E-state index contributed by atoms with van der Waals surface area (Å²) in [6.45, 7) is 0. The first kappa shape index (κ1) is 14.1. The van der Waals surface area contributed by atoms with Gasteiger partial charge < -0.3 is 15.4 Å². The molecule has 2 amide bonds. The zero-order valence-corrected chi connectivity index (χ0v) is 12.1. The number of hydrogen-bond acceptors (Lipinski definition) is 3. The summed E-state index contributed by atoms with van der Waals surface area (Å²) in [5.74, 6) is 0.411. The van der Waals surface area contributed by atoms with Crippen LogP contribution in [0.3, 0.4) is 0 Å². The molecule has 112 valence electrons. The minimum Gasteiger partial charge on any atom is -0.480 e. The Bertz CT molecular complexity index is 685. The monoisotopic (exact) mass is 296 g/mol. The topological polar surface area (TPSA) is 67.4 Å². The number of carbonyl (C=O) groups is 2. The van der Waals surface area contributed by atoms with Crippen LogP contribution in [-0.4, -0.2) is 25.0 Å². The quantitative estimate of drug-likeness (QED) is 0.910. The van der Waals surface area contributed by atoms with E-state index >= 15 is 0 Å². The highest BCUT2D eigenvalue weighted by molar-refractivity contribution is 5.97. The molecular formula is C17H16N2O3. The van der Waals surface area contributed by atoms with Crippen molar-refractivity contribution in [3.8, 4) is 5.75 Å². The number of fused-ring (bicyclic) bond motifs is 1. The maximum Gasteiger partial charge on any atom is 0.265 e. The lowest BCUT2D eigenvalue weighted by Gasteiger charge is -2.11. The van der Waals surface area contributed by atoms with Crippen LogP contribution >= 0.6 is 0 Å². The molecule has 3 rings (SSSR count). The van der Waals surface area contributed by atoms with Crippen LogP contribution in [0, 0.1) is 0 Å². The van der Waals surface area contributed by atoms with Crippen molar-refractivity contribution in [1.82, 2.24) is 5.32 Å². The molecule has 1 aliphatic heterocycles. The van der Waals surface area contributed by atoms with E-state index in [-0.39, 0.29) is 11.8 Å². The van der Waals surface area contributed by atoms with Crippen LogP contribution in [0.4, 0.5) is 5.69 Å². The SMILES string of the molecule is CNC(=O)c1ccc(NC(=O)C2Cc3ccccc3O2)cc1. The zero-order valence-electron chi connectivity index (χ0n) is 12.1. The van der Waals surface area contributed by atoms with Gasteiger partial charge in [-0.05, 0) is 35.9 Å². The Balaban J connectivity index is 1.64. The third-order valence-electron chi connectivity index (χ3n) is 3.58. The van der Waals surface area contributed by atoms with Gasteiger partial charge in [-0.3, -0.25) is 9.59 Å². The maximum atomic E-state index is 12.2. The van der Waals surface area contributed by atoms with Crippen molar-refractivity contribution in [3.63, 3.8) is 0 Å². The van der Waals surface area contributed by atoms with E-state index in [1.165, 1.54) is 0 Å². The normalized spacial score (nSPS) is 15.6. The summed E-state index contributed by atoms with van der Waals surface area (Å²) >= 11 is 0. The van der Waals surface area contributed by atoms with Crippen molar-refractivity contribution in [2.75, 3.05) is 12.4 Å². The zero-order chi connectivity index (χ0) is 15.5. The van der Waals surface area contributed by atoms with Crippen LogP contribution in [-0.2, 0) is 11.2 Å². The summed E-state index contributed by atoms with van der Waals surface area (Å²) in [5, 5.41) is 5.36. The average molecular weight is 296 g/mol. The van der Waals surface area contributed by atoms with Crippen LogP contribution in [0.5, 0.6) is 5.75 Å². The van der Waals surface area contributed by atoms with E-state index in [0.29, 0.717) is 17.7 Å². The summed E-state index contributed by atoms with van der Waals surface area (Å²) in [5.41, 5.74) is 2.22. The van der Waals surface area contributed by atoms with Gasteiger partial charge in [0.2, 0.25) is 0 Å². The van der Waals surface area contributed by atoms with Gasteiger partial charge in [0.05, 0.1) is 0 Å². The maximum absolute atomic E-state index is 12.2. The molecule has 2 aromatic rings. The van der Waals surface area contributed by atoms with Crippen LogP contribution in [0.1, 0.15) is 15.9 Å². The molecule has 0 bridgehead atoms. The predicted molar refractivity (Wildman–Crippen MR) is 83.0 cm³/mol. The van der Waals surface area contributed by atoms with Gasteiger partial charge in [0.25, 0.3) is 11.8 Å². The molecule has 1 atom stereocenters. The van der Waals surface area contributed by atoms with Crippen LogP contribution in [0.2, 0.25) is 0 Å². The lowest BCUT2D eigenvalue weighted by atomic mass is 10.1. The minimum atomic E-state index is -0.518. The average Bonchev–Trinajstić information content (AvgIpc) is 2.99. The summed E-state index contributed by atoms with van der Waals surface area (Å²) < 4.78 is 5.64. The molecule has 0 spiro atoms. The summed E-state index contributed by atoms with van der Waals surface area (Å²) in [6.07, 6.45) is 0.0502. The third kappa shape index (κ3) is 2.79. The summed E-state index contributed by atoms with van der Waals surface area (Å²) in [4.78, 5) is 23.7. The molecule has 1 aliphatic rings. The Morgan fingerprint density at radius 3 is 2.50 bits per heavy atom. The number of ether oxygens (including phenoxy) is 1. The molecule has 5 nitrogen and oxygen atoms in total. The third-order valence-corrected chi connectivity index (χ3v) is 3.58. The lowest BCUT2D eigenvalue weighted by molar-refractivity contribution is -0.122. The number of hydrogen-bond donors (Lipinski definition) is 2. The van der Waals surface area contributed by atoms with E-state index in [2.05, 4.69) is 10.6 Å². The Hall–Kier alpha value is -2.82. The second-order valence-corrected chi connectivity index (χ2v) is 5.06. The van der Waals surface area contributed by atoms with E-state index in [4.69, 9.17) is 4.74 Å². The molecule has 0 aromatic heterocycles. The van der Waals surface area contributed by atoms with Gasteiger partial charge in [-0.25, -0.2) is 0 Å². The van der Waals surface area contributed by atoms with Crippen LogP contribution in [0.15, 0.2) is 48.5 Å². The molecular weight excluding hydrogens is 280 g/mol. The van der Waals surface area contributed by atoms with E-state index in [1.54, 1.807) is 31.3 Å². The van der Waals surface area contributed by atoms with Crippen LogP contribution < -0.4 is 15.4 Å². The van der Waals surface area contributed by atoms with Crippen molar-refractivity contribution in [2.45, 2.75) is 12.5 Å². The van der Waals surface area contributed by atoms with Gasteiger partial charge >= 0.3 is 0 Å². The minimum absolute atomic E-state index is 0.160. The molecule has 1 unspecified atom stereocenters. The molecule has 0 saturated carbocycles. The Kier molecular flexibility index (Phi) is 3.78. The number of carbonyl (C=O) groups excluding carboxylic acids is 2. The summed E-state index contributed by atoms with van der Waals surface area (Å²) in [6, 6.07) is 14.4. The number of anilines is 1. The number of para-hydroxylation sites is 1. The molecule has 0 saturated heterocycles. The number of benzene rings is 2. The second-order valence-electron chi connectivity index (χ2n) is 5.06. The smallest absolute Gasteiger partial charge is 0.265 e. The highest BCUT2D eigenvalue weighted by atomic mass is 16.5. The molecule has 2 aromatic carbocycles. The number of rotatable bonds is 3. The molecule has 2 N–H and O–H groups in total. The van der Waals surface area contributed by atoms with Gasteiger partial charge in [0, 0.05) is 24.7 Å². The first-order valence-electron chi connectivity index (χ1n) is 7.05. The number of amides is 2. The predicted octanol–water partition coefficient (Wildman–Crippen LogP) is 1.99. The molecule has 5 heteroatoms. The Labute approximate surface area is 128 Å². The van der Waals surface area contributed by atoms with Gasteiger partial charge in [-0.1, -0.05) is 18.2 Å². The van der Waals surface area contributed by atoms with E-state index in [0.717, 1.165) is 11.3 Å². The van der Waals surface area contributed by atoms with Gasteiger partial charge in [0.1, 0.15) is 5.75 Å². The standard InChI is InChI=1S/C17H16N2O3/c1-18-16(20)11-6-8-13(9-7-11)19-17(21)15-10-12-4-2-3-5-14(12)22-15/h2-9,15H,10H2,1H3,(H,18,20)(H,19,21). The van der Waals surface area contributed by atoms with Crippen LogP contribution in [0.25, 0.3) is 0 Å². The van der Waals surface area contributed by atoms with Gasteiger partial charge in [-0.15, -0.1) is 0 Å². The van der Waals surface area contributed by atoms with E-state index in [9.17, 15) is 9.59 Å². The fraction of sp³-hybridized carbons (Fsp3) is 0.176. The fourth-order valence-electron chi connectivity index (χ4n) is 2.40. The second kappa shape index (κ2) is 5.89. The fourth-order valence-corrected chi connectivity index (χ4v) is 2.40. The van der Waals surface area contributed by atoms with Crippen molar-refractivity contribution in [3.05, 3.63) is 59.7 Å². The molecule has 0 aliphatic carbocycles. The molecule has 0 radical (unpaired) electrons. The Morgan fingerprint density at radius 1 is 1.09 bits per heavy atom. The first-order chi connectivity index (χ1) is 10.7. The van der Waals surface area contributed by atoms with Crippen molar-refractivity contribution in [2.24, 2.45) is 0 Å². The van der Waals surface area contributed by atoms with Crippen molar-refractivity contribution >= 4 is 17.5 Å². The summed E-state index contributed by atoms with van der Waals surface area (Å²) in [7, 11) is 1.58. The Morgan fingerprint density at radius 2 is 1.82 bits per heavy atom. The number of nitrogens with one attached hydrogen (secondary N) is 2. The highest BCUT2D eigenvalue weighted by Gasteiger charge is 2.28. The van der Waals surface area contributed by atoms with Gasteiger partial charge in [-0.2, -0.15) is 0 Å². The van der Waals surface area contributed by atoms with Crippen molar-refractivity contribution in [1.29, 1.82) is 0 Å². The van der Waals surface area contributed by atoms with E-state index in [1.807, 2.05) is 24.3 Å². The largest absolute Gasteiger partial charge is 0.480 e. The lowest BCUT2D eigenvalue weighted by Crippen LogP contribution is -2.31. The van der Waals surface area contributed by atoms with E-state index < -0.39 is 6.10 Å². The first-order valence-corrected chi connectivity index (χ1v) is 7.05. The molecule has 22 heavy (non-hydrogen) atoms. The van der Waals surface area contributed by atoms with Crippen molar-refractivity contribution < 1.29 is 14.3 Å². The van der Waals surface area contributed by atoms with Gasteiger partial charge in [0.15, 0.2) is 6.10 Å². The highest BCUT2D eigenvalue weighted by Crippen LogP contribution is 2.28. The molecule has 1 heterocycles. The molecule has 0 fully saturated rings.